The third-order valence-electron chi connectivity index (χ3n) is 3.40. The number of benzene rings is 1. The van der Waals surface area contributed by atoms with Crippen LogP contribution in [0.4, 0.5) is 0 Å². The molecule has 0 heterocycles. The zero-order chi connectivity index (χ0) is 18.3. The molecule has 2 N–H and O–H groups in total. The summed E-state index contributed by atoms with van der Waals surface area (Å²) < 4.78 is 21.0. The average molecular weight is 353 g/mol. The monoisotopic (exact) mass is 353 g/mol. The molecule has 0 fully saturated rings. The Morgan fingerprint density at radius 3 is 2.48 bits per heavy atom. The number of nitrogens with zero attached hydrogens (tertiary/aromatic N) is 1. The van der Waals surface area contributed by atoms with E-state index in [4.69, 9.17) is 18.9 Å². The van der Waals surface area contributed by atoms with E-state index in [1.54, 1.807) is 21.3 Å². The molecule has 0 aromatic heterocycles. The van der Waals surface area contributed by atoms with Gasteiger partial charge in [-0.1, -0.05) is 6.07 Å². The average Bonchev–Trinajstić information content (AvgIpc) is 2.64. The minimum atomic E-state index is 0.556. The van der Waals surface area contributed by atoms with Crippen LogP contribution in [0.5, 0.6) is 11.5 Å². The maximum absolute atomic E-state index is 5.44. The van der Waals surface area contributed by atoms with Crippen molar-refractivity contribution in [1.29, 1.82) is 0 Å². The topological polar surface area (TPSA) is 73.3 Å². The SMILES string of the molecule is CCNC(=NCc1ccc(OC)c(OC)c1)NCCCOCCOC. The molecule has 0 bridgehead atoms. The van der Waals surface area contributed by atoms with Crippen LogP contribution in [0.1, 0.15) is 18.9 Å². The van der Waals surface area contributed by atoms with Gasteiger partial charge in [-0.3, -0.25) is 0 Å². The first-order valence-electron chi connectivity index (χ1n) is 8.54. The molecule has 1 rings (SSSR count). The van der Waals surface area contributed by atoms with E-state index in [1.807, 2.05) is 25.1 Å². The van der Waals surface area contributed by atoms with Gasteiger partial charge >= 0.3 is 0 Å². The van der Waals surface area contributed by atoms with Gasteiger partial charge in [0.25, 0.3) is 0 Å². The number of rotatable bonds is 12. The van der Waals surface area contributed by atoms with E-state index >= 15 is 0 Å². The van der Waals surface area contributed by atoms with E-state index in [2.05, 4.69) is 15.6 Å². The number of nitrogens with one attached hydrogen (secondary N) is 2. The molecule has 0 saturated heterocycles. The van der Waals surface area contributed by atoms with Crippen LogP contribution in [-0.2, 0) is 16.0 Å². The normalized spacial score (nSPS) is 11.3. The van der Waals surface area contributed by atoms with Crippen molar-refractivity contribution < 1.29 is 18.9 Å². The van der Waals surface area contributed by atoms with E-state index in [0.29, 0.717) is 37.9 Å². The molecule has 0 spiro atoms. The molecular formula is C18H31N3O4. The van der Waals surface area contributed by atoms with Gasteiger partial charge in [0, 0.05) is 26.8 Å². The highest BCUT2D eigenvalue weighted by molar-refractivity contribution is 5.79. The van der Waals surface area contributed by atoms with Gasteiger partial charge in [0.2, 0.25) is 0 Å². The van der Waals surface area contributed by atoms with Gasteiger partial charge in [-0.2, -0.15) is 0 Å². The van der Waals surface area contributed by atoms with Crippen LogP contribution in [0.2, 0.25) is 0 Å². The summed E-state index contributed by atoms with van der Waals surface area (Å²) in [7, 11) is 4.93. The summed E-state index contributed by atoms with van der Waals surface area (Å²) in [5, 5.41) is 6.54. The van der Waals surface area contributed by atoms with Crippen LogP contribution in [-0.4, -0.2) is 60.2 Å². The van der Waals surface area contributed by atoms with E-state index in [-0.39, 0.29) is 0 Å². The number of guanidine groups is 1. The van der Waals surface area contributed by atoms with Crippen LogP contribution in [0, 0.1) is 0 Å². The maximum atomic E-state index is 5.44. The molecule has 0 amide bonds. The third kappa shape index (κ3) is 8.60. The number of ether oxygens (including phenoxy) is 4. The smallest absolute Gasteiger partial charge is 0.191 e. The molecular weight excluding hydrogens is 322 g/mol. The second-order valence-electron chi connectivity index (χ2n) is 5.27. The summed E-state index contributed by atoms with van der Waals surface area (Å²) in [6.45, 7) is 6.16. The second-order valence-corrected chi connectivity index (χ2v) is 5.27. The number of hydrogen-bond acceptors (Lipinski definition) is 5. The van der Waals surface area contributed by atoms with Crippen LogP contribution in [0.3, 0.4) is 0 Å². The lowest BCUT2D eigenvalue weighted by Crippen LogP contribution is -2.38. The summed E-state index contributed by atoms with van der Waals surface area (Å²) in [5.74, 6) is 2.21. The maximum Gasteiger partial charge on any atom is 0.191 e. The van der Waals surface area contributed by atoms with Gasteiger partial charge in [0.05, 0.1) is 34.0 Å². The first-order valence-corrected chi connectivity index (χ1v) is 8.54. The zero-order valence-electron chi connectivity index (χ0n) is 15.8. The fourth-order valence-corrected chi connectivity index (χ4v) is 2.12. The lowest BCUT2D eigenvalue weighted by atomic mass is 10.2. The van der Waals surface area contributed by atoms with E-state index in [0.717, 1.165) is 31.0 Å². The van der Waals surface area contributed by atoms with Gasteiger partial charge in [-0.15, -0.1) is 0 Å². The highest BCUT2D eigenvalue weighted by Crippen LogP contribution is 2.27. The molecule has 0 unspecified atom stereocenters. The minimum Gasteiger partial charge on any atom is -0.493 e. The Balaban J connectivity index is 2.46. The molecule has 0 atom stereocenters. The lowest BCUT2D eigenvalue weighted by molar-refractivity contribution is 0.0698. The lowest BCUT2D eigenvalue weighted by Gasteiger charge is -2.12. The minimum absolute atomic E-state index is 0.556. The molecule has 1 aromatic carbocycles. The molecule has 7 nitrogen and oxygen atoms in total. The molecule has 142 valence electrons. The molecule has 25 heavy (non-hydrogen) atoms. The van der Waals surface area contributed by atoms with Gasteiger partial charge in [0.1, 0.15) is 0 Å². The number of hydrogen-bond donors (Lipinski definition) is 2. The molecule has 0 aliphatic carbocycles. The van der Waals surface area contributed by atoms with Gasteiger partial charge in [-0.25, -0.2) is 4.99 Å². The predicted octanol–water partition coefficient (Wildman–Crippen LogP) is 1.81. The van der Waals surface area contributed by atoms with Crippen molar-refractivity contribution in [3.8, 4) is 11.5 Å². The summed E-state index contributed by atoms with van der Waals surface area (Å²) in [4.78, 5) is 4.60. The largest absolute Gasteiger partial charge is 0.493 e. The summed E-state index contributed by atoms with van der Waals surface area (Å²) >= 11 is 0. The quantitative estimate of drug-likeness (QED) is 0.339. The van der Waals surface area contributed by atoms with Crippen molar-refractivity contribution in [2.45, 2.75) is 19.9 Å². The van der Waals surface area contributed by atoms with Crippen LogP contribution in [0.25, 0.3) is 0 Å². The summed E-state index contributed by atoms with van der Waals surface area (Å²) in [6, 6.07) is 5.81. The molecule has 0 aliphatic rings. The van der Waals surface area contributed by atoms with Gasteiger partial charge in [0.15, 0.2) is 17.5 Å². The summed E-state index contributed by atoms with van der Waals surface area (Å²) in [5.41, 5.74) is 1.05. The third-order valence-corrected chi connectivity index (χ3v) is 3.40. The zero-order valence-corrected chi connectivity index (χ0v) is 15.8. The number of aliphatic imine (C=N–C) groups is 1. The van der Waals surface area contributed by atoms with Crippen molar-refractivity contribution in [2.75, 3.05) is 54.2 Å². The molecule has 0 aliphatic heterocycles. The molecule has 1 aromatic rings. The van der Waals surface area contributed by atoms with E-state index in [9.17, 15) is 0 Å². The van der Waals surface area contributed by atoms with Crippen molar-refractivity contribution >= 4 is 5.96 Å². The summed E-state index contributed by atoms with van der Waals surface area (Å²) in [6.07, 6.45) is 0.907. The second kappa shape index (κ2) is 13.3. The Morgan fingerprint density at radius 1 is 1.00 bits per heavy atom. The Kier molecular flexibility index (Phi) is 11.2. The fourth-order valence-electron chi connectivity index (χ4n) is 2.12. The van der Waals surface area contributed by atoms with Crippen molar-refractivity contribution in [3.05, 3.63) is 23.8 Å². The number of methoxy groups -OCH3 is 3. The van der Waals surface area contributed by atoms with E-state index < -0.39 is 0 Å². The first-order chi connectivity index (χ1) is 12.2. The van der Waals surface area contributed by atoms with Gasteiger partial charge in [-0.05, 0) is 31.0 Å². The Hall–Kier alpha value is -1.99. The molecule has 7 heteroatoms. The van der Waals surface area contributed by atoms with Crippen LogP contribution >= 0.6 is 0 Å². The van der Waals surface area contributed by atoms with Gasteiger partial charge < -0.3 is 29.6 Å². The van der Waals surface area contributed by atoms with Crippen molar-refractivity contribution in [2.24, 2.45) is 4.99 Å². The Bertz CT molecular complexity index is 509. The van der Waals surface area contributed by atoms with Crippen LogP contribution in [0.15, 0.2) is 23.2 Å². The van der Waals surface area contributed by atoms with Crippen molar-refractivity contribution in [1.82, 2.24) is 10.6 Å². The highest BCUT2D eigenvalue weighted by Gasteiger charge is 2.04. The standard InChI is InChI=1S/C18H31N3O4/c1-5-19-18(20-9-6-10-25-12-11-22-2)21-14-15-7-8-16(23-3)17(13-15)24-4/h7-8,13H,5-6,9-12,14H2,1-4H3,(H2,19,20,21). The van der Waals surface area contributed by atoms with Crippen molar-refractivity contribution in [3.63, 3.8) is 0 Å². The highest BCUT2D eigenvalue weighted by atomic mass is 16.5. The Morgan fingerprint density at radius 2 is 1.80 bits per heavy atom. The Labute approximate surface area is 150 Å². The molecule has 0 radical (unpaired) electrons. The van der Waals surface area contributed by atoms with Crippen LogP contribution < -0.4 is 20.1 Å². The van der Waals surface area contributed by atoms with E-state index in [1.165, 1.54) is 0 Å². The molecule has 0 saturated carbocycles. The fraction of sp³-hybridized carbons (Fsp3) is 0.611. The first kappa shape index (κ1) is 21.1. The predicted molar refractivity (Wildman–Crippen MR) is 99.7 cm³/mol.